The van der Waals surface area contributed by atoms with Gasteiger partial charge >= 0.3 is 0 Å². The van der Waals surface area contributed by atoms with Crippen LogP contribution in [0.3, 0.4) is 0 Å². The highest BCUT2D eigenvalue weighted by molar-refractivity contribution is 5.95. The van der Waals surface area contributed by atoms with Gasteiger partial charge in [-0.3, -0.25) is 0 Å². The highest BCUT2D eigenvalue weighted by Crippen LogP contribution is 2.50. The molecule has 0 aliphatic heterocycles. The van der Waals surface area contributed by atoms with E-state index in [0.29, 0.717) is 0 Å². The Morgan fingerprint density at radius 3 is 2.52 bits per heavy atom. The van der Waals surface area contributed by atoms with Crippen LogP contribution in [0.2, 0.25) is 0 Å². The number of benzene rings is 2. The van der Waals surface area contributed by atoms with E-state index in [2.05, 4.69) is 49.3 Å². The van der Waals surface area contributed by atoms with E-state index in [1.165, 1.54) is 28.5 Å². The minimum absolute atomic E-state index is 0.151. The maximum absolute atomic E-state index is 8.04. The summed E-state index contributed by atoms with van der Waals surface area (Å²) in [6.45, 7) is 6.57. The molecule has 0 spiro atoms. The van der Waals surface area contributed by atoms with Gasteiger partial charge in [0.25, 0.3) is 0 Å². The number of aromatic nitrogens is 1. The molecular weight excluding hydrogens is 306 g/mol. The van der Waals surface area contributed by atoms with Crippen molar-refractivity contribution in [2.75, 3.05) is 5.32 Å². The molecule has 0 bridgehead atoms. The van der Waals surface area contributed by atoms with Gasteiger partial charge in [-0.2, -0.15) is 0 Å². The van der Waals surface area contributed by atoms with Crippen molar-refractivity contribution in [3.8, 4) is 11.1 Å². The number of para-hydroxylation sites is 1. The maximum atomic E-state index is 8.04. The number of fused-ring (bicyclic) bond motifs is 3. The Balaban J connectivity index is 1.92. The number of rotatable bonds is 3. The summed E-state index contributed by atoms with van der Waals surface area (Å²) in [5.74, 6) is 0.734. The van der Waals surface area contributed by atoms with Crippen molar-refractivity contribution >= 4 is 17.7 Å². The zero-order valence-corrected chi connectivity index (χ0v) is 14.7. The molecular formula is C22H21N3. The Labute approximate surface area is 148 Å². The van der Waals surface area contributed by atoms with Gasteiger partial charge in [-0.1, -0.05) is 55.8 Å². The molecule has 1 heterocycles. The first kappa shape index (κ1) is 15.6. The number of pyridine rings is 1. The van der Waals surface area contributed by atoms with E-state index in [-0.39, 0.29) is 5.41 Å². The van der Waals surface area contributed by atoms with Gasteiger partial charge in [-0.15, -0.1) is 0 Å². The van der Waals surface area contributed by atoms with E-state index in [0.717, 1.165) is 22.6 Å². The van der Waals surface area contributed by atoms with Gasteiger partial charge < -0.3 is 10.7 Å². The van der Waals surface area contributed by atoms with Crippen LogP contribution in [0.15, 0.2) is 54.7 Å². The molecule has 1 aromatic heterocycles. The van der Waals surface area contributed by atoms with Crippen LogP contribution in [-0.2, 0) is 5.41 Å². The number of aryl methyl sites for hydroxylation is 1. The largest absolute Gasteiger partial charge is 0.340 e. The second kappa shape index (κ2) is 5.55. The Hall–Kier alpha value is -2.94. The third kappa shape index (κ3) is 2.35. The number of nitrogens with one attached hydrogen (secondary N) is 2. The lowest BCUT2D eigenvalue weighted by molar-refractivity contribution is 0.659. The Morgan fingerprint density at radius 2 is 1.80 bits per heavy atom. The molecule has 0 amide bonds. The third-order valence-corrected chi connectivity index (χ3v) is 5.06. The van der Waals surface area contributed by atoms with Crippen molar-refractivity contribution < 1.29 is 0 Å². The molecule has 2 aromatic carbocycles. The minimum atomic E-state index is -0.151. The molecule has 4 rings (SSSR count). The predicted molar refractivity (Wildman–Crippen MR) is 104 cm³/mol. The molecule has 0 atom stereocenters. The molecule has 1 aliphatic carbocycles. The van der Waals surface area contributed by atoms with Crippen LogP contribution in [0, 0.1) is 12.3 Å². The monoisotopic (exact) mass is 327 g/mol. The standard InChI is InChI=1S/C22H21N3/c1-14-9-10-19-16(11-14)18-13-24-21(25-15-7-5-4-6-8-15)17(12-23)20(18)22(19,2)3/h4-13,23H,1-3H3,(H,24,25). The molecule has 124 valence electrons. The first-order valence-electron chi connectivity index (χ1n) is 8.50. The summed E-state index contributed by atoms with van der Waals surface area (Å²) in [5, 5.41) is 11.4. The molecule has 25 heavy (non-hydrogen) atoms. The summed E-state index contributed by atoms with van der Waals surface area (Å²) >= 11 is 0. The summed E-state index contributed by atoms with van der Waals surface area (Å²) in [7, 11) is 0. The summed E-state index contributed by atoms with van der Waals surface area (Å²) in [6, 6.07) is 16.6. The van der Waals surface area contributed by atoms with Crippen LogP contribution >= 0.6 is 0 Å². The molecule has 0 saturated carbocycles. The van der Waals surface area contributed by atoms with Crippen molar-refractivity contribution in [3.63, 3.8) is 0 Å². The summed E-state index contributed by atoms with van der Waals surface area (Å²) in [5.41, 5.74) is 7.78. The summed E-state index contributed by atoms with van der Waals surface area (Å²) in [4.78, 5) is 4.65. The number of nitrogens with zero attached hydrogens (tertiary/aromatic N) is 1. The first-order chi connectivity index (χ1) is 12.0. The Morgan fingerprint density at radius 1 is 1.04 bits per heavy atom. The molecule has 3 heteroatoms. The fraction of sp³-hybridized carbons (Fsp3) is 0.182. The third-order valence-electron chi connectivity index (χ3n) is 5.06. The fourth-order valence-corrected chi connectivity index (χ4v) is 3.86. The van der Waals surface area contributed by atoms with Gasteiger partial charge in [0.15, 0.2) is 0 Å². The van der Waals surface area contributed by atoms with Gasteiger partial charge in [0.2, 0.25) is 0 Å². The molecule has 2 N–H and O–H groups in total. The Bertz CT molecular complexity index is 972. The SMILES string of the molecule is Cc1ccc2c(c1)-c1cnc(Nc3ccccc3)c(C=N)c1C2(C)C. The average Bonchev–Trinajstić information content (AvgIpc) is 2.83. The lowest BCUT2D eigenvalue weighted by atomic mass is 9.80. The van der Waals surface area contributed by atoms with Crippen LogP contribution in [0.4, 0.5) is 11.5 Å². The fourth-order valence-electron chi connectivity index (χ4n) is 3.86. The van der Waals surface area contributed by atoms with Crippen molar-refractivity contribution in [1.82, 2.24) is 4.98 Å². The van der Waals surface area contributed by atoms with Crippen LogP contribution < -0.4 is 5.32 Å². The van der Waals surface area contributed by atoms with Crippen LogP contribution in [-0.4, -0.2) is 11.2 Å². The summed E-state index contributed by atoms with van der Waals surface area (Å²) < 4.78 is 0. The lowest BCUT2D eigenvalue weighted by Crippen LogP contribution is -2.18. The van der Waals surface area contributed by atoms with Crippen molar-refractivity contribution in [3.05, 3.63) is 77.0 Å². The van der Waals surface area contributed by atoms with Crippen LogP contribution in [0.5, 0.6) is 0 Å². The second-order valence-electron chi connectivity index (χ2n) is 7.12. The minimum Gasteiger partial charge on any atom is -0.340 e. The average molecular weight is 327 g/mol. The lowest BCUT2D eigenvalue weighted by Gasteiger charge is -2.24. The van der Waals surface area contributed by atoms with E-state index in [4.69, 9.17) is 5.41 Å². The molecule has 0 unspecified atom stereocenters. The van der Waals surface area contributed by atoms with E-state index in [9.17, 15) is 0 Å². The van der Waals surface area contributed by atoms with Crippen molar-refractivity contribution in [2.45, 2.75) is 26.2 Å². The Kier molecular flexibility index (Phi) is 3.46. The van der Waals surface area contributed by atoms with Gasteiger partial charge in [0.05, 0.1) is 0 Å². The van der Waals surface area contributed by atoms with Gasteiger partial charge in [-0.05, 0) is 35.7 Å². The summed E-state index contributed by atoms with van der Waals surface area (Å²) in [6.07, 6.45) is 3.37. The zero-order valence-electron chi connectivity index (χ0n) is 14.7. The number of hydrogen-bond acceptors (Lipinski definition) is 3. The number of hydrogen-bond donors (Lipinski definition) is 2. The molecule has 3 nitrogen and oxygen atoms in total. The van der Waals surface area contributed by atoms with Crippen LogP contribution in [0.1, 0.15) is 36.1 Å². The molecule has 0 saturated heterocycles. The quantitative estimate of drug-likeness (QED) is 0.629. The number of anilines is 2. The van der Waals surface area contributed by atoms with E-state index >= 15 is 0 Å². The normalized spacial score (nSPS) is 13.9. The highest BCUT2D eigenvalue weighted by atomic mass is 15.0. The van der Waals surface area contributed by atoms with E-state index in [1.54, 1.807) is 0 Å². The molecule has 1 aliphatic rings. The molecule has 3 aromatic rings. The zero-order chi connectivity index (χ0) is 17.6. The van der Waals surface area contributed by atoms with Crippen molar-refractivity contribution in [2.24, 2.45) is 0 Å². The second-order valence-corrected chi connectivity index (χ2v) is 7.12. The van der Waals surface area contributed by atoms with Crippen molar-refractivity contribution in [1.29, 1.82) is 5.41 Å². The van der Waals surface area contributed by atoms with Crippen LogP contribution in [0.25, 0.3) is 11.1 Å². The smallest absolute Gasteiger partial charge is 0.139 e. The highest BCUT2D eigenvalue weighted by Gasteiger charge is 2.38. The van der Waals surface area contributed by atoms with Gasteiger partial charge in [0, 0.05) is 34.6 Å². The first-order valence-corrected chi connectivity index (χ1v) is 8.50. The van der Waals surface area contributed by atoms with E-state index < -0.39 is 0 Å². The maximum Gasteiger partial charge on any atom is 0.139 e. The molecule has 0 fully saturated rings. The van der Waals surface area contributed by atoms with Gasteiger partial charge in [0.1, 0.15) is 5.82 Å². The predicted octanol–water partition coefficient (Wildman–Crippen LogP) is 5.44. The topological polar surface area (TPSA) is 48.8 Å². The van der Waals surface area contributed by atoms with Gasteiger partial charge in [-0.25, -0.2) is 4.98 Å². The molecule has 0 radical (unpaired) electrons. The van der Waals surface area contributed by atoms with E-state index in [1.807, 2.05) is 36.5 Å².